The second-order valence-electron chi connectivity index (χ2n) is 4.63. The Hall–Kier alpha value is -2.61. The number of furan rings is 1. The molecular weight excluding hydrogens is 248 g/mol. The van der Waals surface area contributed by atoms with Gasteiger partial charge in [-0.2, -0.15) is 0 Å². The van der Waals surface area contributed by atoms with Crippen molar-refractivity contribution in [1.82, 2.24) is 0 Å². The summed E-state index contributed by atoms with van der Waals surface area (Å²) in [5.74, 6) is 0.293. The van der Waals surface area contributed by atoms with E-state index in [1.807, 2.05) is 48.5 Å². The third kappa shape index (κ3) is 2.16. The first kappa shape index (κ1) is 12.4. The van der Waals surface area contributed by atoms with Crippen molar-refractivity contribution in [3.63, 3.8) is 0 Å². The van der Waals surface area contributed by atoms with E-state index in [2.05, 4.69) is 6.58 Å². The number of carbonyl (C=O) groups excluding carboxylic acids is 1. The fourth-order valence-corrected chi connectivity index (χ4v) is 2.30. The fourth-order valence-electron chi connectivity index (χ4n) is 2.30. The van der Waals surface area contributed by atoms with Crippen LogP contribution >= 0.6 is 0 Å². The van der Waals surface area contributed by atoms with E-state index in [-0.39, 0.29) is 5.78 Å². The van der Waals surface area contributed by atoms with Crippen LogP contribution in [0.5, 0.6) is 0 Å². The lowest BCUT2D eigenvalue weighted by molar-refractivity contribution is 0.101. The average molecular weight is 262 g/mol. The Balaban J connectivity index is 2.06. The predicted molar refractivity (Wildman–Crippen MR) is 80.0 cm³/mol. The van der Waals surface area contributed by atoms with Gasteiger partial charge in [0.15, 0.2) is 5.76 Å². The molecule has 20 heavy (non-hydrogen) atoms. The third-order valence-corrected chi connectivity index (χ3v) is 3.28. The Morgan fingerprint density at radius 1 is 1.10 bits per heavy atom. The second-order valence-corrected chi connectivity index (χ2v) is 4.63. The van der Waals surface area contributed by atoms with Crippen LogP contribution in [-0.2, 0) is 6.42 Å². The molecule has 98 valence electrons. The van der Waals surface area contributed by atoms with E-state index in [0.717, 1.165) is 16.5 Å². The molecule has 0 aliphatic carbocycles. The molecule has 3 rings (SSSR count). The molecular formula is C18H14O2. The summed E-state index contributed by atoms with van der Waals surface area (Å²) in [6.45, 7) is 3.73. The van der Waals surface area contributed by atoms with E-state index < -0.39 is 0 Å². The van der Waals surface area contributed by atoms with E-state index in [4.69, 9.17) is 4.42 Å². The van der Waals surface area contributed by atoms with Gasteiger partial charge in [-0.25, -0.2) is 0 Å². The molecule has 2 aromatic carbocycles. The van der Waals surface area contributed by atoms with E-state index in [1.165, 1.54) is 0 Å². The molecule has 3 aromatic rings. The Labute approximate surface area is 117 Å². The van der Waals surface area contributed by atoms with Crippen LogP contribution in [0.2, 0.25) is 0 Å². The normalized spacial score (nSPS) is 10.6. The van der Waals surface area contributed by atoms with E-state index in [1.54, 1.807) is 12.1 Å². The van der Waals surface area contributed by atoms with Crippen LogP contribution < -0.4 is 0 Å². The molecule has 0 saturated heterocycles. The molecule has 0 aliphatic heterocycles. The molecule has 0 spiro atoms. The molecule has 0 radical (unpaired) electrons. The summed E-state index contributed by atoms with van der Waals surface area (Å²) in [4.78, 5) is 12.6. The molecule has 0 atom stereocenters. The first-order chi connectivity index (χ1) is 9.79. The summed E-state index contributed by atoms with van der Waals surface area (Å²) in [5, 5.41) is 0.942. The summed E-state index contributed by atoms with van der Waals surface area (Å²) in [6.07, 6.45) is 2.47. The molecule has 0 saturated carbocycles. The molecule has 0 amide bonds. The average Bonchev–Trinajstić information content (AvgIpc) is 2.91. The highest BCUT2D eigenvalue weighted by Crippen LogP contribution is 2.22. The van der Waals surface area contributed by atoms with Crippen LogP contribution in [0.15, 0.2) is 71.7 Å². The number of carbonyl (C=O) groups is 1. The molecule has 0 N–H and O–H groups in total. The van der Waals surface area contributed by atoms with Gasteiger partial charge in [-0.15, -0.1) is 6.58 Å². The van der Waals surface area contributed by atoms with Gasteiger partial charge < -0.3 is 4.42 Å². The Kier molecular flexibility index (Phi) is 3.21. The highest BCUT2D eigenvalue weighted by molar-refractivity contribution is 6.09. The second kappa shape index (κ2) is 5.17. The first-order valence-corrected chi connectivity index (χ1v) is 6.51. The largest absolute Gasteiger partial charge is 0.453 e. The van der Waals surface area contributed by atoms with Crippen molar-refractivity contribution in [2.45, 2.75) is 6.42 Å². The van der Waals surface area contributed by atoms with Crippen molar-refractivity contribution in [2.75, 3.05) is 0 Å². The molecule has 0 aliphatic rings. The minimum absolute atomic E-state index is 0.0846. The number of benzene rings is 2. The maximum Gasteiger partial charge on any atom is 0.228 e. The van der Waals surface area contributed by atoms with Gasteiger partial charge in [0.1, 0.15) is 5.58 Å². The fraction of sp³-hybridized carbons (Fsp3) is 0.0556. The van der Waals surface area contributed by atoms with Gasteiger partial charge in [-0.1, -0.05) is 48.5 Å². The molecule has 2 heteroatoms. The van der Waals surface area contributed by atoms with E-state index in [9.17, 15) is 4.79 Å². The maximum atomic E-state index is 12.6. The number of hydrogen-bond donors (Lipinski definition) is 0. The van der Waals surface area contributed by atoms with E-state index in [0.29, 0.717) is 17.7 Å². The molecule has 1 aromatic heterocycles. The van der Waals surface area contributed by atoms with Gasteiger partial charge in [0.05, 0.1) is 0 Å². The van der Waals surface area contributed by atoms with Crippen LogP contribution in [0, 0.1) is 0 Å². The lowest BCUT2D eigenvalue weighted by Crippen LogP contribution is -2.03. The van der Waals surface area contributed by atoms with Gasteiger partial charge >= 0.3 is 0 Å². The number of fused-ring (bicyclic) bond motifs is 1. The van der Waals surface area contributed by atoms with Crippen molar-refractivity contribution >= 4 is 16.8 Å². The minimum Gasteiger partial charge on any atom is -0.453 e. The van der Waals surface area contributed by atoms with Crippen LogP contribution in [0.3, 0.4) is 0 Å². The van der Waals surface area contributed by atoms with Crippen LogP contribution in [-0.4, -0.2) is 5.78 Å². The summed E-state index contributed by atoms with van der Waals surface area (Å²) in [7, 11) is 0. The van der Waals surface area contributed by atoms with Crippen molar-refractivity contribution in [3.05, 3.63) is 84.1 Å². The smallest absolute Gasteiger partial charge is 0.228 e. The Morgan fingerprint density at radius 2 is 1.85 bits per heavy atom. The maximum absolute atomic E-state index is 12.6. The summed E-state index contributed by atoms with van der Waals surface area (Å²) in [5.41, 5.74) is 2.37. The van der Waals surface area contributed by atoms with Gasteiger partial charge in [0.25, 0.3) is 0 Å². The van der Waals surface area contributed by atoms with Crippen LogP contribution in [0.1, 0.15) is 21.7 Å². The standard InChI is InChI=1S/C18H14O2/c1-2-7-13-8-3-5-10-15(13)18(19)17-12-14-9-4-6-11-16(14)20-17/h2-6,8-12H,1,7H2. The zero-order valence-corrected chi connectivity index (χ0v) is 11.0. The first-order valence-electron chi connectivity index (χ1n) is 6.51. The lowest BCUT2D eigenvalue weighted by atomic mass is 10.00. The molecule has 2 nitrogen and oxygen atoms in total. The van der Waals surface area contributed by atoms with Crippen molar-refractivity contribution in [3.8, 4) is 0 Å². The third-order valence-electron chi connectivity index (χ3n) is 3.28. The zero-order valence-electron chi connectivity index (χ0n) is 11.0. The highest BCUT2D eigenvalue weighted by Gasteiger charge is 2.16. The predicted octanol–water partition coefficient (Wildman–Crippen LogP) is 4.39. The lowest BCUT2D eigenvalue weighted by Gasteiger charge is -2.04. The Bertz CT molecular complexity index is 748. The number of allylic oxidation sites excluding steroid dienone is 1. The topological polar surface area (TPSA) is 30.2 Å². The van der Waals surface area contributed by atoms with Crippen molar-refractivity contribution in [1.29, 1.82) is 0 Å². The molecule has 0 unspecified atom stereocenters. The van der Waals surface area contributed by atoms with E-state index >= 15 is 0 Å². The van der Waals surface area contributed by atoms with Crippen molar-refractivity contribution < 1.29 is 9.21 Å². The summed E-state index contributed by atoms with van der Waals surface area (Å²) in [6, 6.07) is 17.0. The minimum atomic E-state index is -0.0846. The molecule has 0 fully saturated rings. The quantitative estimate of drug-likeness (QED) is 0.515. The summed E-state index contributed by atoms with van der Waals surface area (Å²) < 4.78 is 5.64. The van der Waals surface area contributed by atoms with Crippen molar-refractivity contribution in [2.24, 2.45) is 0 Å². The van der Waals surface area contributed by atoms with Gasteiger partial charge in [-0.3, -0.25) is 4.79 Å². The zero-order chi connectivity index (χ0) is 13.9. The molecule has 1 heterocycles. The van der Waals surface area contributed by atoms with Gasteiger partial charge in [0, 0.05) is 10.9 Å². The summed E-state index contributed by atoms with van der Waals surface area (Å²) >= 11 is 0. The Morgan fingerprint density at radius 3 is 2.65 bits per heavy atom. The molecule has 0 bridgehead atoms. The number of hydrogen-bond acceptors (Lipinski definition) is 2. The number of rotatable bonds is 4. The van der Waals surface area contributed by atoms with Gasteiger partial charge in [-0.05, 0) is 24.1 Å². The van der Waals surface area contributed by atoms with Crippen LogP contribution in [0.4, 0.5) is 0 Å². The van der Waals surface area contributed by atoms with Gasteiger partial charge in [0.2, 0.25) is 5.78 Å². The SMILES string of the molecule is C=CCc1ccccc1C(=O)c1cc2ccccc2o1. The number of ketones is 1. The highest BCUT2D eigenvalue weighted by atomic mass is 16.3. The number of para-hydroxylation sites is 1. The monoisotopic (exact) mass is 262 g/mol. The van der Waals surface area contributed by atoms with Crippen LogP contribution in [0.25, 0.3) is 11.0 Å².